The van der Waals surface area contributed by atoms with Crippen molar-refractivity contribution in [3.05, 3.63) is 54.2 Å². The summed E-state index contributed by atoms with van der Waals surface area (Å²) in [7, 11) is 0. The number of hydrogen-bond donors (Lipinski definition) is 2. The average molecular weight is 382 g/mol. The van der Waals surface area contributed by atoms with Crippen LogP contribution in [0.3, 0.4) is 0 Å². The molecule has 1 aliphatic heterocycles. The van der Waals surface area contributed by atoms with Crippen LogP contribution in [-0.2, 0) is 9.59 Å². The van der Waals surface area contributed by atoms with Crippen LogP contribution in [0, 0.1) is 0 Å². The number of nitrogens with one attached hydrogen (secondary N) is 2. The molecule has 8 heteroatoms. The summed E-state index contributed by atoms with van der Waals surface area (Å²) < 4.78 is 0. The molecule has 130 valence electrons. The number of rotatable bonds is 4. The molecule has 0 bridgehead atoms. The van der Waals surface area contributed by atoms with Crippen molar-refractivity contribution in [1.82, 2.24) is 9.97 Å². The first-order chi connectivity index (χ1) is 12.7. The SMILES string of the molecule is O=C(C[C@H]1Sc2ccccc2NC1=O)Nc1nc(-c2cccnc2)cs1. The highest BCUT2D eigenvalue weighted by Crippen LogP contribution is 2.36. The van der Waals surface area contributed by atoms with Gasteiger partial charge in [-0.1, -0.05) is 12.1 Å². The highest BCUT2D eigenvalue weighted by Gasteiger charge is 2.29. The van der Waals surface area contributed by atoms with E-state index in [2.05, 4.69) is 20.6 Å². The first-order valence-corrected chi connectivity index (χ1v) is 9.67. The summed E-state index contributed by atoms with van der Waals surface area (Å²) in [6, 6.07) is 11.3. The van der Waals surface area contributed by atoms with E-state index >= 15 is 0 Å². The first kappa shape index (κ1) is 16.7. The summed E-state index contributed by atoms with van der Waals surface area (Å²) in [5, 5.41) is 7.54. The fourth-order valence-electron chi connectivity index (χ4n) is 2.54. The second kappa shape index (κ2) is 7.27. The summed E-state index contributed by atoms with van der Waals surface area (Å²) in [6.07, 6.45) is 3.51. The molecule has 1 aliphatic rings. The molecule has 0 saturated heterocycles. The number of pyridine rings is 1. The summed E-state index contributed by atoms with van der Waals surface area (Å²) in [6.45, 7) is 0. The summed E-state index contributed by atoms with van der Waals surface area (Å²) in [5.41, 5.74) is 2.44. The van der Waals surface area contributed by atoms with E-state index in [9.17, 15) is 9.59 Å². The highest BCUT2D eigenvalue weighted by molar-refractivity contribution is 8.01. The fraction of sp³-hybridized carbons (Fsp3) is 0.111. The largest absolute Gasteiger partial charge is 0.324 e. The number of thioether (sulfide) groups is 1. The number of carbonyl (C=O) groups excluding carboxylic acids is 2. The minimum atomic E-state index is -0.456. The van der Waals surface area contributed by atoms with Crippen LogP contribution in [0.1, 0.15) is 6.42 Å². The van der Waals surface area contributed by atoms with Crippen molar-refractivity contribution in [3.63, 3.8) is 0 Å². The molecule has 0 radical (unpaired) electrons. The molecule has 0 aliphatic carbocycles. The van der Waals surface area contributed by atoms with Gasteiger partial charge in [0.2, 0.25) is 11.8 Å². The van der Waals surface area contributed by atoms with Gasteiger partial charge in [0.15, 0.2) is 5.13 Å². The minimum absolute atomic E-state index is 0.0899. The summed E-state index contributed by atoms with van der Waals surface area (Å²) in [4.78, 5) is 34.0. The maximum Gasteiger partial charge on any atom is 0.238 e. The molecule has 2 N–H and O–H groups in total. The lowest BCUT2D eigenvalue weighted by molar-refractivity contribution is -0.120. The smallest absolute Gasteiger partial charge is 0.238 e. The Kier molecular flexibility index (Phi) is 4.68. The van der Waals surface area contributed by atoms with Crippen LogP contribution in [0.4, 0.5) is 10.8 Å². The Morgan fingerprint density at radius 3 is 2.96 bits per heavy atom. The standard InChI is InChI=1S/C18H14N4O2S2/c23-16(8-15-17(24)20-12-5-1-2-6-14(12)26-15)22-18-21-13(10-25-18)11-4-3-7-19-9-11/h1-7,9-10,15H,8H2,(H,20,24)(H,21,22,23)/t15-/m1/s1. The molecule has 1 aromatic carbocycles. The third-order valence-corrected chi connectivity index (χ3v) is 5.82. The van der Waals surface area contributed by atoms with Gasteiger partial charge < -0.3 is 10.6 Å². The Bertz CT molecular complexity index is 959. The van der Waals surface area contributed by atoms with Gasteiger partial charge in [-0.05, 0) is 24.3 Å². The zero-order chi connectivity index (χ0) is 17.9. The predicted octanol–water partition coefficient (Wildman–Crippen LogP) is 3.65. The van der Waals surface area contributed by atoms with E-state index in [0.29, 0.717) is 5.13 Å². The average Bonchev–Trinajstić information content (AvgIpc) is 3.11. The van der Waals surface area contributed by atoms with Gasteiger partial charge in [0, 0.05) is 34.7 Å². The van der Waals surface area contributed by atoms with Gasteiger partial charge in [-0.2, -0.15) is 0 Å². The molecular formula is C18H14N4O2S2. The number of anilines is 2. The van der Waals surface area contributed by atoms with E-state index < -0.39 is 5.25 Å². The topological polar surface area (TPSA) is 84.0 Å². The second-order valence-electron chi connectivity index (χ2n) is 5.62. The number of nitrogens with zero attached hydrogens (tertiary/aromatic N) is 2. The molecule has 0 unspecified atom stereocenters. The maximum atomic E-state index is 12.3. The second-order valence-corrected chi connectivity index (χ2v) is 7.73. The molecule has 0 spiro atoms. The zero-order valence-electron chi connectivity index (χ0n) is 13.5. The lowest BCUT2D eigenvalue weighted by Crippen LogP contribution is -2.32. The molecular weight excluding hydrogens is 368 g/mol. The Hall–Kier alpha value is -2.71. The van der Waals surface area contributed by atoms with E-state index in [0.717, 1.165) is 21.8 Å². The maximum absolute atomic E-state index is 12.3. The summed E-state index contributed by atoms with van der Waals surface area (Å²) >= 11 is 2.75. The van der Waals surface area contributed by atoms with Crippen molar-refractivity contribution in [3.8, 4) is 11.3 Å². The van der Waals surface area contributed by atoms with Crippen molar-refractivity contribution >= 4 is 45.7 Å². The Morgan fingerprint density at radius 2 is 2.12 bits per heavy atom. The van der Waals surface area contributed by atoms with Crippen LogP contribution in [0.25, 0.3) is 11.3 Å². The van der Waals surface area contributed by atoms with Crippen molar-refractivity contribution in [1.29, 1.82) is 0 Å². The van der Waals surface area contributed by atoms with Gasteiger partial charge in [-0.15, -0.1) is 23.1 Å². The van der Waals surface area contributed by atoms with E-state index in [4.69, 9.17) is 0 Å². The third-order valence-electron chi connectivity index (χ3n) is 3.79. The zero-order valence-corrected chi connectivity index (χ0v) is 15.1. The lowest BCUT2D eigenvalue weighted by Gasteiger charge is -2.23. The monoisotopic (exact) mass is 382 g/mol. The fourth-order valence-corrected chi connectivity index (χ4v) is 4.39. The highest BCUT2D eigenvalue weighted by atomic mass is 32.2. The first-order valence-electron chi connectivity index (χ1n) is 7.91. The quantitative estimate of drug-likeness (QED) is 0.720. The molecule has 4 rings (SSSR count). The Morgan fingerprint density at radius 1 is 1.23 bits per heavy atom. The van der Waals surface area contributed by atoms with Crippen LogP contribution >= 0.6 is 23.1 Å². The van der Waals surface area contributed by atoms with E-state index in [1.54, 1.807) is 12.4 Å². The third kappa shape index (κ3) is 3.61. The van der Waals surface area contributed by atoms with Crippen LogP contribution in [0.5, 0.6) is 0 Å². The van der Waals surface area contributed by atoms with Gasteiger partial charge in [-0.3, -0.25) is 14.6 Å². The molecule has 6 nitrogen and oxygen atoms in total. The number of fused-ring (bicyclic) bond motifs is 1. The van der Waals surface area contributed by atoms with Crippen molar-refractivity contribution in [2.45, 2.75) is 16.6 Å². The van der Waals surface area contributed by atoms with Gasteiger partial charge >= 0.3 is 0 Å². The Balaban J connectivity index is 1.40. The Labute approximate surface area is 158 Å². The van der Waals surface area contributed by atoms with Gasteiger partial charge in [0.25, 0.3) is 0 Å². The van der Waals surface area contributed by atoms with E-state index in [1.165, 1.54) is 23.1 Å². The number of thiazole rings is 1. The normalized spacial score (nSPS) is 15.8. The van der Waals surface area contributed by atoms with Gasteiger partial charge in [0.05, 0.1) is 16.6 Å². The van der Waals surface area contributed by atoms with Gasteiger partial charge in [0.1, 0.15) is 0 Å². The van der Waals surface area contributed by atoms with Crippen molar-refractivity contribution in [2.24, 2.45) is 0 Å². The molecule has 0 fully saturated rings. The number of carbonyl (C=O) groups is 2. The van der Waals surface area contributed by atoms with Crippen LogP contribution in [0.15, 0.2) is 59.1 Å². The molecule has 3 heterocycles. The number of hydrogen-bond acceptors (Lipinski definition) is 6. The van der Waals surface area contributed by atoms with E-state index in [-0.39, 0.29) is 18.2 Å². The van der Waals surface area contributed by atoms with Crippen molar-refractivity contribution in [2.75, 3.05) is 10.6 Å². The number of benzene rings is 1. The van der Waals surface area contributed by atoms with E-state index in [1.807, 2.05) is 41.8 Å². The molecule has 0 saturated carbocycles. The van der Waals surface area contributed by atoms with Crippen LogP contribution in [-0.4, -0.2) is 27.0 Å². The molecule has 2 aromatic heterocycles. The molecule has 1 atom stereocenters. The lowest BCUT2D eigenvalue weighted by atomic mass is 10.2. The number of amides is 2. The molecule has 2 amide bonds. The molecule has 3 aromatic rings. The predicted molar refractivity (Wildman–Crippen MR) is 103 cm³/mol. The number of para-hydroxylation sites is 1. The summed E-state index contributed by atoms with van der Waals surface area (Å²) in [5.74, 6) is -0.386. The van der Waals surface area contributed by atoms with Crippen LogP contribution < -0.4 is 10.6 Å². The minimum Gasteiger partial charge on any atom is -0.324 e. The number of aromatic nitrogens is 2. The van der Waals surface area contributed by atoms with Crippen molar-refractivity contribution < 1.29 is 9.59 Å². The van der Waals surface area contributed by atoms with Crippen LogP contribution in [0.2, 0.25) is 0 Å². The van der Waals surface area contributed by atoms with Gasteiger partial charge in [-0.25, -0.2) is 4.98 Å². The molecule has 26 heavy (non-hydrogen) atoms.